The van der Waals surface area contributed by atoms with Gasteiger partial charge in [0.25, 0.3) is 20.2 Å². The van der Waals surface area contributed by atoms with Crippen molar-refractivity contribution in [3.8, 4) is 0 Å². The minimum atomic E-state index is -3.59. The van der Waals surface area contributed by atoms with Crippen LogP contribution in [0.5, 0.6) is 0 Å². The van der Waals surface area contributed by atoms with Gasteiger partial charge in [0.2, 0.25) is 0 Å². The molecule has 0 radical (unpaired) electrons. The van der Waals surface area contributed by atoms with Crippen molar-refractivity contribution in [2.24, 2.45) is 11.8 Å². The third-order valence-electron chi connectivity index (χ3n) is 3.34. The third kappa shape index (κ3) is 3.18. The van der Waals surface area contributed by atoms with Crippen molar-refractivity contribution >= 4 is 20.2 Å². The van der Waals surface area contributed by atoms with Gasteiger partial charge in [-0.15, -0.1) is 0 Å². The van der Waals surface area contributed by atoms with Crippen molar-refractivity contribution in [2.45, 2.75) is 31.5 Å². The Hall–Kier alpha value is -0.180. The van der Waals surface area contributed by atoms with E-state index in [2.05, 4.69) is 0 Å². The number of fused-ring (bicyclic) bond motifs is 2. The Bertz CT molecular complexity index is 448. The fourth-order valence-corrected chi connectivity index (χ4v) is 4.20. The Labute approximate surface area is 102 Å². The van der Waals surface area contributed by atoms with Gasteiger partial charge >= 0.3 is 0 Å². The van der Waals surface area contributed by atoms with Gasteiger partial charge in [-0.25, -0.2) is 0 Å². The first-order chi connectivity index (χ1) is 7.66. The van der Waals surface area contributed by atoms with E-state index in [4.69, 9.17) is 8.37 Å². The van der Waals surface area contributed by atoms with Crippen molar-refractivity contribution in [2.75, 3.05) is 12.5 Å². The first kappa shape index (κ1) is 13.3. The fraction of sp³-hybridized carbons (Fsp3) is 1.00. The normalized spacial score (nSPS) is 37.5. The average Bonchev–Trinajstić information content (AvgIpc) is 2.63. The summed E-state index contributed by atoms with van der Waals surface area (Å²) < 4.78 is 54.5. The van der Waals surface area contributed by atoms with Gasteiger partial charge in [0.15, 0.2) is 0 Å². The summed E-state index contributed by atoms with van der Waals surface area (Å²) in [5.41, 5.74) is 0. The van der Waals surface area contributed by atoms with Crippen molar-refractivity contribution in [3.63, 3.8) is 0 Å². The van der Waals surface area contributed by atoms with E-state index >= 15 is 0 Å². The zero-order valence-corrected chi connectivity index (χ0v) is 11.3. The Morgan fingerprint density at radius 2 is 1.18 bits per heavy atom. The molecule has 2 aliphatic rings. The molecule has 8 heteroatoms. The highest BCUT2D eigenvalue weighted by molar-refractivity contribution is 7.86. The second kappa shape index (κ2) is 4.18. The molecule has 2 bridgehead atoms. The predicted octanol–water partition coefficient (Wildman–Crippen LogP) is 0.106. The summed E-state index contributed by atoms with van der Waals surface area (Å²) in [6, 6.07) is 0. The van der Waals surface area contributed by atoms with E-state index in [1.807, 2.05) is 0 Å². The lowest BCUT2D eigenvalue weighted by Gasteiger charge is -2.28. The van der Waals surface area contributed by atoms with Gasteiger partial charge in [0.1, 0.15) is 12.2 Å². The molecule has 0 aromatic heterocycles. The van der Waals surface area contributed by atoms with Crippen molar-refractivity contribution in [3.05, 3.63) is 0 Å². The molecule has 0 heterocycles. The quantitative estimate of drug-likeness (QED) is 0.681. The highest BCUT2D eigenvalue weighted by Gasteiger charge is 2.51. The number of hydrogen-bond donors (Lipinski definition) is 0. The maximum atomic E-state index is 11.1. The first-order valence-corrected chi connectivity index (χ1v) is 9.05. The molecule has 2 fully saturated rings. The summed E-state index contributed by atoms with van der Waals surface area (Å²) in [5.74, 6) is 0.169. The highest BCUT2D eigenvalue weighted by Crippen LogP contribution is 2.48. The molecular formula is C9H16O6S2. The lowest BCUT2D eigenvalue weighted by molar-refractivity contribution is 0.0245. The van der Waals surface area contributed by atoms with Crippen LogP contribution in [0.1, 0.15) is 19.3 Å². The molecule has 2 rings (SSSR count). The maximum absolute atomic E-state index is 11.1. The van der Waals surface area contributed by atoms with E-state index in [0.717, 1.165) is 31.8 Å². The van der Waals surface area contributed by atoms with Gasteiger partial charge in [0, 0.05) is 0 Å². The van der Waals surface area contributed by atoms with Crippen molar-refractivity contribution in [1.29, 1.82) is 0 Å². The summed E-state index contributed by atoms with van der Waals surface area (Å²) in [4.78, 5) is 0. The summed E-state index contributed by atoms with van der Waals surface area (Å²) in [7, 11) is -7.19. The van der Waals surface area contributed by atoms with Gasteiger partial charge < -0.3 is 0 Å². The lowest BCUT2D eigenvalue weighted by Crippen LogP contribution is -2.39. The van der Waals surface area contributed by atoms with Gasteiger partial charge in [-0.05, 0) is 31.1 Å². The van der Waals surface area contributed by atoms with Crippen LogP contribution < -0.4 is 0 Å². The largest absolute Gasteiger partial charge is 0.264 e. The second-order valence-electron chi connectivity index (χ2n) is 4.86. The van der Waals surface area contributed by atoms with Crippen LogP contribution >= 0.6 is 0 Å². The Balaban J connectivity index is 2.17. The van der Waals surface area contributed by atoms with E-state index in [0.29, 0.717) is 0 Å². The van der Waals surface area contributed by atoms with Crippen LogP contribution in [0.4, 0.5) is 0 Å². The first-order valence-electron chi connectivity index (χ1n) is 5.42. The van der Waals surface area contributed by atoms with E-state index in [-0.39, 0.29) is 11.8 Å². The Morgan fingerprint density at radius 1 is 0.824 bits per heavy atom. The SMILES string of the molecule is CS(=O)(=O)O[C@@H]1[C@H]2CC[C@H](C2)[C@@H]1OS(C)(=O)=O. The number of rotatable bonds is 4. The Kier molecular flexibility index (Phi) is 3.26. The monoisotopic (exact) mass is 284 g/mol. The second-order valence-corrected chi connectivity index (χ2v) is 8.06. The molecule has 0 spiro atoms. The molecule has 0 aromatic carbocycles. The van der Waals surface area contributed by atoms with Crippen LogP contribution in [0, 0.1) is 11.8 Å². The van der Waals surface area contributed by atoms with Crippen LogP contribution in [0.3, 0.4) is 0 Å². The van der Waals surface area contributed by atoms with E-state index in [9.17, 15) is 16.8 Å². The summed E-state index contributed by atoms with van der Waals surface area (Å²) in [6.45, 7) is 0. The molecule has 0 N–H and O–H groups in total. The van der Waals surface area contributed by atoms with Crippen LogP contribution in [-0.2, 0) is 28.6 Å². The topological polar surface area (TPSA) is 86.7 Å². The van der Waals surface area contributed by atoms with E-state index in [1.165, 1.54) is 0 Å². The Morgan fingerprint density at radius 3 is 1.47 bits per heavy atom. The maximum Gasteiger partial charge on any atom is 0.264 e. The zero-order valence-electron chi connectivity index (χ0n) is 9.70. The summed E-state index contributed by atoms with van der Waals surface area (Å²) >= 11 is 0. The average molecular weight is 284 g/mol. The zero-order chi connectivity index (χ0) is 12.8. The third-order valence-corrected chi connectivity index (χ3v) is 4.48. The van der Waals surface area contributed by atoms with Crippen LogP contribution in [0.25, 0.3) is 0 Å². The van der Waals surface area contributed by atoms with Gasteiger partial charge in [-0.3, -0.25) is 8.37 Å². The summed E-state index contributed by atoms with van der Waals surface area (Å²) in [5, 5.41) is 0. The molecule has 4 atom stereocenters. The molecule has 0 aromatic rings. The van der Waals surface area contributed by atoms with E-state index < -0.39 is 32.4 Å². The van der Waals surface area contributed by atoms with Crippen molar-refractivity contribution in [1.82, 2.24) is 0 Å². The molecule has 0 unspecified atom stereocenters. The molecule has 2 saturated carbocycles. The molecule has 0 amide bonds. The molecule has 100 valence electrons. The molecular weight excluding hydrogens is 268 g/mol. The van der Waals surface area contributed by atoms with Crippen LogP contribution in [0.15, 0.2) is 0 Å². The smallest absolute Gasteiger partial charge is 0.264 e. The van der Waals surface area contributed by atoms with Crippen molar-refractivity contribution < 1.29 is 25.2 Å². The van der Waals surface area contributed by atoms with Gasteiger partial charge in [0.05, 0.1) is 12.5 Å². The highest BCUT2D eigenvalue weighted by atomic mass is 32.2. The standard InChI is InChI=1S/C9H16O6S2/c1-16(10,11)14-8-6-3-4-7(5-6)9(8)15-17(2,12)13/h6-9H,3-5H2,1-2H3/t6-,7+,8+,9-. The minimum Gasteiger partial charge on any atom is -0.264 e. The molecule has 2 aliphatic carbocycles. The molecule has 17 heavy (non-hydrogen) atoms. The van der Waals surface area contributed by atoms with Gasteiger partial charge in [-0.1, -0.05) is 0 Å². The number of hydrogen-bond acceptors (Lipinski definition) is 6. The van der Waals surface area contributed by atoms with Gasteiger partial charge in [-0.2, -0.15) is 16.8 Å². The fourth-order valence-electron chi connectivity index (χ4n) is 2.86. The molecule has 6 nitrogen and oxygen atoms in total. The predicted molar refractivity (Wildman–Crippen MR) is 60.3 cm³/mol. The lowest BCUT2D eigenvalue weighted by atomic mass is 9.95. The van der Waals surface area contributed by atoms with Crippen LogP contribution in [0.2, 0.25) is 0 Å². The van der Waals surface area contributed by atoms with E-state index in [1.54, 1.807) is 0 Å². The molecule has 0 aliphatic heterocycles. The summed E-state index contributed by atoms with van der Waals surface area (Å²) in [6.07, 6.45) is 3.15. The molecule has 0 saturated heterocycles. The minimum absolute atomic E-state index is 0.0847. The van der Waals surface area contributed by atoms with Crippen LogP contribution in [-0.4, -0.2) is 41.6 Å².